The third-order valence-corrected chi connectivity index (χ3v) is 5.50. The van der Waals surface area contributed by atoms with E-state index in [1.165, 1.54) is 11.3 Å². The predicted molar refractivity (Wildman–Crippen MR) is 115 cm³/mol. The monoisotopic (exact) mass is 392 g/mol. The van der Waals surface area contributed by atoms with E-state index in [1.807, 2.05) is 12.1 Å². The van der Waals surface area contributed by atoms with Crippen molar-refractivity contribution in [2.45, 2.75) is 33.2 Å². The van der Waals surface area contributed by atoms with E-state index in [2.05, 4.69) is 54.6 Å². The van der Waals surface area contributed by atoms with Gasteiger partial charge in [0.15, 0.2) is 11.5 Å². The summed E-state index contributed by atoms with van der Waals surface area (Å²) in [5.41, 5.74) is 5.51. The van der Waals surface area contributed by atoms with Crippen LogP contribution >= 0.6 is 0 Å². The molecule has 1 aromatic carbocycles. The molecule has 0 saturated heterocycles. The van der Waals surface area contributed by atoms with Crippen molar-refractivity contribution in [3.05, 3.63) is 53.2 Å². The molecule has 0 bridgehead atoms. The molecule has 0 N–H and O–H groups in total. The Morgan fingerprint density at radius 1 is 1.07 bits per heavy atom. The first-order valence-electron chi connectivity index (χ1n) is 9.95. The van der Waals surface area contributed by atoms with Crippen molar-refractivity contribution in [2.24, 2.45) is 0 Å². The highest BCUT2D eigenvalue weighted by Gasteiger charge is 2.18. The van der Waals surface area contributed by atoms with Crippen molar-refractivity contribution in [3.8, 4) is 5.75 Å². The number of aromatic nitrogens is 5. The van der Waals surface area contributed by atoms with Crippen LogP contribution < -0.4 is 4.74 Å². The molecule has 0 aliphatic carbocycles. The van der Waals surface area contributed by atoms with E-state index in [1.54, 1.807) is 18.0 Å². The van der Waals surface area contributed by atoms with Gasteiger partial charge in [-0.1, -0.05) is 12.1 Å². The number of ether oxygens (including phenoxy) is 1. The summed E-state index contributed by atoms with van der Waals surface area (Å²) in [4.78, 5) is 11.8. The first-order chi connectivity index (χ1) is 14.0. The van der Waals surface area contributed by atoms with Gasteiger partial charge in [-0.25, -0.2) is 14.5 Å². The molecule has 0 spiro atoms. The number of hydrogen-bond acceptors (Lipinski definition) is 5. The van der Waals surface area contributed by atoms with Gasteiger partial charge in [0.1, 0.15) is 17.7 Å². The van der Waals surface area contributed by atoms with Crippen LogP contribution in [0.15, 0.2) is 30.6 Å². The second-order valence-electron chi connectivity index (χ2n) is 7.78. The summed E-state index contributed by atoms with van der Waals surface area (Å²) in [5, 5.41) is 5.76. The Morgan fingerprint density at radius 3 is 2.52 bits per heavy atom. The fraction of sp³-hybridized carbons (Fsp3) is 0.409. The number of fused-ring (bicyclic) bond motifs is 3. The summed E-state index contributed by atoms with van der Waals surface area (Å²) in [7, 11) is 5.89. The molecule has 0 fully saturated rings. The van der Waals surface area contributed by atoms with E-state index < -0.39 is 0 Å². The maximum absolute atomic E-state index is 5.23. The summed E-state index contributed by atoms with van der Waals surface area (Å²) in [6.07, 6.45) is 3.54. The number of aryl methyl sites for hydroxylation is 2. The highest BCUT2D eigenvalue weighted by Crippen LogP contribution is 2.27. The van der Waals surface area contributed by atoms with Gasteiger partial charge in [0.25, 0.3) is 0 Å². The Bertz CT molecular complexity index is 1140. The van der Waals surface area contributed by atoms with Crippen LogP contribution in [0.1, 0.15) is 29.1 Å². The second kappa shape index (κ2) is 7.83. The lowest BCUT2D eigenvalue weighted by Crippen LogP contribution is -2.15. The van der Waals surface area contributed by atoms with Gasteiger partial charge >= 0.3 is 0 Å². The Morgan fingerprint density at radius 2 is 1.83 bits per heavy atom. The Kier molecular flexibility index (Phi) is 5.24. The smallest absolute Gasteiger partial charge is 0.168 e. The average Bonchev–Trinajstić information content (AvgIpc) is 3.22. The molecule has 3 aromatic heterocycles. The molecular formula is C22H28N6O. The topological polar surface area (TPSA) is 60.5 Å². The third kappa shape index (κ3) is 3.70. The fourth-order valence-electron chi connectivity index (χ4n) is 3.79. The maximum Gasteiger partial charge on any atom is 0.168 e. The number of benzene rings is 1. The van der Waals surface area contributed by atoms with Gasteiger partial charge in [0.05, 0.1) is 12.5 Å². The summed E-state index contributed by atoms with van der Waals surface area (Å²) >= 11 is 0. The van der Waals surface area contributed by atoms with E-state index in [0.717, 1.165) is 53.3 Å². The van der Waals surface area contributed by atoms with E-state index in [-0.39, 0.29) is 0 Å². The molecule has 0 radical (unpaired) electrons. The van der Waals surface area contributed by atoms with Gasteiger partial charge in [0.2, 0.25) is 0 Å². The van der Waals surface area contributed by atoms with Gasteiger partial charge in [-0.3, -0.25) is 0 Å². The lowest BCUT2D eigenvalue weighted by atomic mass is 10.1. The van der Waals surface area contributed by atoms with Gasteiger partial charge in [-0.05, 0) is 64.2 Å². The molecule has 0 saturated carbocycles. The molecule has 152 valence electrons. The van der Waals surface area contributed by atoms with Gasteiger partial charge in [0, 0.05) is 18.7 Å². The normalized spacial score (nSPS) is 11.8. The number of hydrogen-bond donors (Lipinski definition) is 0. The first kappa shape index (κ1) is 19.4. The van der Waals surface area contributed by atoms with Crippen LogP contribution in [0.2, 0.25) is 0 Å². The second-order valence-corrected chi connectivity index (χ2v) is 7.78. The largest absolute Gasteiger partial charge is 0.497 e. The van der Waals surface area contributed by atoms with Gasteiger partial charge in [-0.2, -0.15) is 0 Å². The highest BCUT2D eigenvalue weighted by atomic mass is 16.5. The molecule has 3 heterocycles. The van der Waals surface area contributed by atoms with Crippen LogP contribution in [0, 0.1) is 13.8 Å². The minimum atomic E-state index is 0.675. The summed E-state index contributed by atoms with van der Waals surface area (Å²) in [6.45, 7) is 6.32. The molecule has 7 heteroatoms. The zero-order chi connectivity index (χ0) is 20.5. The van der Waals surface area contributed by atoms with Gasteiger partial charge < -0.3 is 14.2 Å². The van der Waals surface area contributed by atoms with Crippen LogP contribution in [0.3, 0.4) is 0 Å². The molecule has 0 unspecified atom stereocenters. The summed E-state index contributed by atoms with van der Waals surface area (Å²) in [5.74, 6) is 1.64. The van der Waals surface area contributed by atoms with Crippen molar-refractivity contribution >= 4 is 16.7 Å². The third-order valence-electron chi connectivity index (χ3n) is 5.50. The maximum atomic E-state index is 5.23. The lowest BCUT2D eigenvalue weighted by Gasteiger charge is -2.11. The summed E-state index contributed by atoms with van der Waals surface area (Å²) < 4.78 is 9.35. The molecule has 7 nitrogen and oxygen atoms in total. The zero-order valence-electron chi connectivity index (χ0n) is 17.8. The van der Waals surface area contributed by atoms with Crippen molar-refractivity contribution in [3.63, 3.8) is 0 Å². The van der Waals surface area contributed by atoms with E-state index in [9.17, 15) is 0 Å². The van der Waals surface area contributed by atoms with E-state index >= 15 is 0 Å². The Labute approximate surface area is 170 Å². The Hall–Kier alpha value is -2.93. The van der Waals surface area contributed by atoms with E-state index in [0.29, 0.717) is 6.42 Å². The molecule has 0 aliphatic rings. The molecule has 0 atom stereocenters. The van der Waals surface area contributed by atoms with Crippen LogP contribution in [0.5, 0.6) is 5.75 Å². The van der Waals surface area contributed by atoms with Crippen LogP contribution in [-0.2, 0) is 13.0 Å². The molecule has 29 heavy (non-hydrogen) atoms. The zero-order valence-corrected chi connectivity index (χ0v) is 17.8. The highest BCUT2D eigenvalue weighted by molar-refractivity contribution is 5.93. The van der Waals surface area contributed by atoms with Crippen molar-refractivity contribution in [1.82, 2.24) is 29.0 Å². The standard InChI is InChI=1S/C22H28N6O/c1-15-16(2)27(12-6-11-26(3)4)21-20(15)22-24-19(25-28(22)14-23-21)13-17-7-9-18(29-5)10-8-17/h7-10,14H,6,11-13H2,1-5H3. The lowest BCUT2D eigenvalue weighted by molar-refractivity contribution is 0.387. The molecule has 4 rings (SSSR count). The van der Waals surface area contributed by atoms with Crippen LogP contribution in [0.4, 0.5) is 0 Å². The SMILES string of the molecule is COc1ccc(Cc2nc3c4c(C)c(C)n(CCCN(C)C)c4ncn3n2)cc1. The fourth-order valence-corrected chi connectivity index (χ4v) is 3.79. The molecule has 0 amide bonds. The number of nitrogens with zero attached hydrogens (tertiary/aromatic N) is 6. The van der Waals surface area contributed by atoms with E-state index in [4.69, 9.17) is 14.7 Å². The number of methoxy groups -OCH3 is 1. The number of rotatable bonds is 7. The van der Waals surface area contributed by atoms with Crippen molar-refractivity contribution < 1.29 is 4.74 Å². The predicted octanol–water partition coefficient (Wildman–Crippen LogP) is 3.25. The van der Waals surface area contributed by atoms with Crippen molar-refractivity contribution in [2.75, 3.05) is 27.7 Å². The minimum absolute atomic E-state index is 0.675. The summed E-state index contributed by atoms with van der Waals surface area (Å²) in [6, 6.07) is 8.03. The van der Waals surface area contributed by atoms with Crippen molar-refractivity contribution in [1.29, 1.82) is 0 Å². The molecule has 4 aromatic rings. The van der Waals surface area contributed by atoms with Gasteiger partial charge in [-0.15, -0.1) is 5.10 Å². The van der Waals surface area contributed by atoms with Crippen LogP contribution in [0.25, 0.3) is 16.7 Å². The Balaban J connectivity index is 1.69. The quantitative estimate of drug-likeness (QED) is 0.483. The minimum Gasteiger partial charge on any atom is -0.497 e. The molecular weight excluding hydrogens is 364 g/mol. The van der Waals surface area contributed by atoms with Crippen LogP contribution in [-0.4, -0.2) is 56.8 Å². The average molecular weight is 393 g/mol. The molecule has 0 aliphatic heterocycles. The first-order valence-corrected chi connectivity index (χ1v) is 9.95.